The average Bonchev–Trinajstić information content (AvgIpc) is 2.37. The third-order valence-electron chi connectivity index (χ3n) is 3.00. The summed E-state index contributed by atoms with van der Waals surface area (Å²) in [6.07, 6.45) is 5.26. The SMILES string of the molecule is CSCC(C)C(O)c1cccc2ccncc12. The van der Waals surface area contributed by atoms with Gasteiger partial charge in [-0.25, -0.2) is 0 Å². The Labute approximate surface area is 106 Å². The minimum absolute atomic E-state index is 0.246. The van der Waals surface area contributed by atoms with E-state index in [9.17, 15) is 5.11 Å². The summed E-state index contributed by atoms with van der Waals surface area (Å²) in [6, 6.07) is 8.01. The fourth-order valence-corrected chi connectivity index (χ4v) is 2.76. The van der Waals surface area contributed by atoms with Gasteiger partial charge in [-0.05, 0) is 34.9 Å². The van der Waals surface area contributed by atoms with Crippen molar-refractivity contribution < 1.29 is 5.11 Å². The maximum atomic E-state index is 10.4. The number of aromatic nitrogens is 1. The van der Waals surface area contributed by atoms with Gasteiger partial charge in [0.2, 0.25) is 0 Å². The highest BCUT2D eigenvalue weighted by Gasteiger charge is 2.17. The molecule has 0 amide bonds. The molecule has 0 bridgehead atoms. The fourth-order valence-electron chi connectivity index (χ4n) is 2.06. The van der Waals surface area contributed by atoms with Gasteiger partial charge in [0, 0.05) is 17.8 Å². The summed E-state index contributed by atoms with van der Waals surface area (Å²) in [6.45, 7) is 2.08. The maximum absolute atomic E-state index is 10.4. The molecule has 0 aliphatic heterocycles. The lowest BCUT2D eigenvalue weighted by molar-refractivity contribution is 0.130. The van der Waals surface area contributed by atoms with E-state index in [1.165, 1.54) is 0 Å². The van der Waals surface area contributed by atoms with Crippen molar-refractivity contribution in [2.24, 2.45) is 5.92 Å². The van der Waals surface area contributed by atoms with Gasteiger partial charge in [-0.15, -0.1) is 0 Å². The van der Waals surface area contributed by atoms with Crippen molar-refractivity contribution in [3.05, 3.63) is 42.2 Å². The number of fused-ring (bicyclic) bond motifs is 1. The Balaban J connectivity index is 2.41. The molecule has 1 N–H and O–H groups in total. The Morgan fingerprint density at radius 2 is 2.18 bits per heavy atom. The molecule has 0 saturated heterocycles. The molecular weight excluding hydrogens is 230 g/mol. The third kappa shape index (κ3) is 2.61. The average molecular weight is 247 g/mol. The molecular formula is C14H17NOS. The zero-order valence-corrected chi connectivity index (χ0v) is 10.9. The first-order valence-corrected chi connectivity index (χ1v) is 7.13. The smallest absolute Gasteiger partial charge is 0.0829 e. The van der Waals surface area contributed by atoms with Gasteiger partial charge in [-0.2, -0.15) is 11.8 Å². The van der Waals surface area contributed by atoms with E-state index in [2.05, 4.69) is 18.2 Å². The Morgan fingerprint density at radius 1 is 1.35 bits per heavy atom. The predicted molar refractivity (Wildman–Crippen MR) is 74.2 cm³/mol. The molecule has 2 unspecified atom stereocenters. The van der Waals surface area contributed by atoms with E-state index in [1.54, 1.807) is 18.0 Å². The van der Waals surface area contributed by atoms with Crippen LogP contribution in [0.5, 0.6) is 0 Å². The van der Waals surface area contributed by atoms with Crippen LogP contribution >= 0.6 is 11.8 Å². The van der Waals surface area contributed by atoms with Crippen LogP contribution in [0, 0.1) is 5.92 Å². The number of hydrogen-bond donors (Lipinski definition) is 1. The number of nitrogens with zero attached hydrogens (tertiary/aromatic N) is 1. The van der Waals surface area contributed by atoms with Crippen molar-refractivity contribution in [2.75, 3.05) is 12.0 Å². The second-order valence-electron chi connectivity index (χ2n) is 4.32. The van der Waals surface area contributed by atoms with Gasteiger partial charge in [0.1, 0.15) is 0 Å². The summed E-state index contributed by atoms with van der Waals surface area (Å²) in [5.41, 5.74) is 0.983. The van der Waals surface area contributed by atoms with E-state index in [0.29, 0.717) is 0 Å². The first-order valence-electron chi connectivity index (χ1n) is 5.73. The molecule has 0 fully saturated rings. The molecule has 2 rings (SSSR count). The minimum atomic E-state index is -0.421. The van der Waals surface area contributed by atoms with Crippen LogP contribution in [0.3, 0.4) is 0 Å². The van der Waals surface area contributed by atoms with Gasteiger partial charge in [0.05, 0.1) is 6.10 Å². The Hall–Kier alpha value is -1.06. The molecule has 0 radical (unpaired) electrons. The number of thioether (sulfide) groups is 1. The second-order valence-corrected chi connectivity index (χ2v) is 5.23. The molecule has 0 saturated carbocycles. The first-order chi connectivity index (χ1) is 8.24. The molecule has 17 heavy (non-hydrogen) atoms. The number of aliphatic hydroxyl groups excluding tert-OH is 1. The van der Waals surface area contributed by atoms with Gasteiger partial charge >= 0.3 is 0 Å². The number of hydrogen-bond acceptors (Lipinski definition) is 3. The summed E-state index contributed by atoms with van der Waals surface area (Å²) < 4.78 is 0. The molecule has 0 aliphatic rings. The second kappa shape index (κ2) is 5.52. The molecule has 2 atom stereocenters. The highest BCUT2D eigenvalue weighted by molar-refractivity contribution is 7.98. The lowest BCUT2D eigenvalue weighted by Gasteiger charge is -2.19. The maximum Gasteiger partial charge on any atom is 0.0829 e. The molecule has 0 aliphatic carbocycles. The Kier molecular flexibility index (Phi) is 4.02. The van der Waals surface area contributed by atoms with Gasteiger partial charge in [0.15, 0.2) is 0 Å². The Morgan fingerprint density at radius 3 is 2.94 bits per heavy atom. The third-order valence-corrected chi connectivity index (χ3v) is 3.86. The largest absolute Gasteiger partial charge is 0.388 e. The van der Waals surface area contributed by atoms with Gasteiger partial charge in [0.25, 0.3) is 0 Å². The van der Waals surface area contributed by atoms with E-state index in [1.807, 2.05) is 30.5 Å². The van der Waals surface area contributed by atoms with Crippen molar-refractivity contribution in [1.29, 1.82) is 0 Å². The molecule has 1 aromatic heterocycles. The van der Waals surface area contributed by atoms with Crippen LogP contribution in [0.1, 0.15) is 18.6 Å². The number of aliphatic hydroxyl groups is 1. The predicted octanol–water partition coefficient (Wildman–Crippen LogP) is 3.27. The van der Waals surface area contributed by atoms with E-state index in [-0.39, 0.29) is 5.92 Å². The van der Waals surface area contributed by atoms with Gasteiger partial charge in [-0.3, -0.25) is 4.98 Å². The molecule has 1 heterocycles. The van der Waals surface area contributed by atoms with Gasteiger partial charge < -0.3 is 5.11 Å². The molecule has 1 aromatic carbocycles. The summed E-state index contributed by atoms with van der Waals surface area (Å²) >= 11 is 1.76. The topological polar surface area (TPSA) is 33.1 Å². The fraction of sp³-hybridized carbons (Fsp3) is 0.357. The van der Waals surface area contributed by atoms with Gasteiger partial charge in [-0.1, -0.05) is 25.1 Å². The number of pyridine rings is 1. The van der Waals surface area contributed by atoms with Crippen molar-refractivity contribution >= 4 is 22.5 Å². The van der Waals surface area contributed by atoms with Crippen LogP contribution in [0.2, 0.25) is 0 Å². The standard InChI is InChI=1S/C14H17NOS/c1-10(9-17-2)14(16)12-5-3-4-11-6-7-15-8-13(11)12/h3-8,10,14,16H,9H2,1-2H3. The summed E-state index contributed by atoms with van der Waals surface area (Å²) in [7, 11) is 0. The van der Waals surface area contributed by atoms with Crippen molar-refractivity contribution in [3.8, 4) is 0 Å². The summed E-state index contributed by atoms with van der Waals surface area (Å²) in [5, 5.41) is 12.6. The number of rotatable bonds is 4. The molecule has 0 spiro atoms. The van der Waals surface area contributed by atoms with Crippen LogP contribution < -0.4 is 0 Å². The molecule has 2 aromatic rings. The zero-order valence-electron chi connectivity index (χ0n) is 10.1. The normalized spacial score (nSPS) is 14.8. The van der Waals surface area contributed by atoms with E-state index in [0.717, 1.165) is 22.1 Å². The Bertz CT molecular complexity index is 495. The highest BCUT2D eigenvalue weighted by atomic mass is 32.2. The van der Waals surface area contributed by atoms with Crippen molar-refractivity contribution in [2.45, 2.75) is 13.0 Å². The van der Waals surface area contributed by atoms with Crippen molar-refractivity contribution in [3.63, 3.8) is 0 Å². The van der Waals surface area contributed by atoms with E-state index >= 15 is 0 Å². The van der Waals surface area contributed by atoms with Crippen LogP contribution in [0.25, 0.3) is 10.8 Å². The zero-order chi connectivity index (χ0) is 12.3. The quantitative estimate of drug-likeness (QED) is 0.900. The lowest BCUT2D eigenvalue weighted by Crippen LogP contribution is -2.11. The van der Waals surface area contributed by atoms with E-state index < -0.39 is 6.10 Å². The monoisotopic (exact) mass is 247 g/mol. The minimum Gasteiger partial charge on any atom is -0.388 e. The lowest BCUT2D eigenvalue weighted by atomic mass is 9.95. The van der Waals surface area contributed by atoms with Crippen molar-refractivity contribution in [1.82, 2.24) is 4.98 Å². The van der Waals surface area contributed by atoms with Crippen LogP contribution in [0.4, 0.5) is 0 Å². The van der Waals surface area contributed by atoms with Crippen LogP contribution in [-0.4, -0.2) is 22.1 Å². The molecule has 90 valence electrons. The number of benzene rings is 1. The van der Waals surface area contributed by atoms with E-state index in [4.69, 9.17) is 0 Å². The molecule has 2 nitrogen and oxygen atoms in total. The molecule has 3 heteroatoms. The van der Waals surface area contributed by atoms with Crippen LogP contribution in [-0.2, 0) is 0 Å². The summed E-state index contributed by atoms with van der Waals surface area (Å²) in [5.74, 6) is 1.20. The van der Waals surface area contributed by atoms with Crippen LogP contribution in [0.15, 0.2) is 36.7 Å². The summed E-state index contributed by atoms with van der Waals surface area (Å²) in [4.78, 5) is 4.14. The highest BCUT2D eigenvalue weighted by Crippen LogP contribution is 2.29. The first kappa shape index (κ1) is 12.4.